The number of carboxylic acids is 1. The summed E-state index contributed by atoms with van der Waals surface area (Å²) < 4.78 is 1.63. The number of rotatable bonds is 5. The highest BCUT2D eigenvalue weighted by molar-refractivity contribution is 6.35. The lowest BCUT2D eigenvalue weighted by atomic mass is 10.0. The first-order valence-electron chi connectivity index (χ1n) is 10.2. The molecule has 1 unspecified atom stereocenters. The lowest BCUT2D eigenvalue weighted by Crippen LogP contribution is -2.48. The van der Waals surface area contributed by atoms with Crippen LogP contribution in [0.3, 0.4) is 0 Å². The predicted molar refractivity (Wildman–Crippen MR) is 123 cm³/mol. The Morgan fingerprint density at radius 2 is 1.84 bits per heavy atom. The molecule has 1 aliphatic rings. The van der Waals surface area contributed by atoms with Crippen LogP contribution in [0.1, 0.15) is 34.5 Å². The topological polar surface area (TPSA) is 87.5 Å². The van der Waals surface area contributed by atoms with E-state index in [0.717, 1.165) is 16.8 Å². The van der Waals surface area contributed by atoms with Crippen LogP contribution in [0.25, 0.3) is 16.9 Å². The van der Waals surface area contributed by atoms with Gasteiger partial charge in [-0.3, -0.25) is 15.0 Å². The second-order valence-corrected chi connectivity index (χ2v) is 8.67. The highest BCUT2D eigenvalue weighted by Gasteiger charge is 2.33. The van der Waals surface area contributed by atoms with E-state index in [9.17, 15) is 14.7 Å². The summed E-state index contributed by atoms with van der Waals surface area (Å²) in [5.74, 6) is -1.42. The number of carboxylic acid groups (broad SMARTS) is 1. The quantitative estimate of drug-likeness (QED) is 0.563. The number of carbonyl (C=O) groups excluding carboxylic acids is 1. The van der Waals surface area contributed by atoms with Gasteiger partial charge in [-0.15, -0.1) is 0 Å². The number of hydrogen-bond acceptors (Lipinski definition) is 4. The molecule has 166 valence electrons. The number of aryl methyl sites for hydroxylation is 1. The smallest absolute Gasteiger partial charge is 0.322 e. The van der Waals surface area contributed by atoms with Crippen LogP contribution in [0.2, 0.25) is 10.0 Å². The van der Waals surface area contributed by atoms with Crippen LogP contribution in [-0.2, 0) is 4.79 Å². The molecule has 3 aromatic rings. The van der Waals surface area contributed by atoms with Gasteiger partial charge in [0.25, 0.3) is 5.91 Å². The monoisotopic (exact) mass is 472 g/mol. The van der Waals surface area contributed by atoms with Crippen molar-refractivity contribution in [3.8, 4) is 16.9 Å². The minimum atomic E-state index is -0.960. The molecular formula is C23H22Cl2N4O3. The number of halogens is 2. The minimum Gasteiger partial charge on any atom is -0.480 e. The molecule has 0 bridgehead atoms. The molecule has 0 radical (unpaired) electrons. The number of nitrogens with one attached hydrogen (secondary N) is 1. The van der Waals surface area contributed by atoms with Crippen LogP contribution in [-0.4, -0.2) is 44.4 Å². The highest BCUT2D eigenvalue weighted by Crippen LogP contribution is 2.33. The van der Waals surface area contributed by atoms with Crippen LogP contribution in [0.5, 0.6) is 0 Å². The highest BCUT2D eigenvalue weighted by atomic mass is 35.5. The van der Waals surface area contributed by atoms with E-state index in [1.165, 1.54) is 5.01 Å². The zero-order chi connectivity index (χ0) is 23.0. The molecule has 1 fully saturated rings. The summed E-state index contributed by atoms with van der Waals surface area (Å²) in [7, 11) is 0. The Hall–Kier alpha value is -2.87. The number of hydrogen-bond donors (Lipinski definition) is 2. The van der Waals surface area contributed by atoms with Crippen LogP contribution in [0, 0.1) is 13.8 Å². The molecule has 7 nitrogen and oxygen atoms in total. The molecule has 4 rings (SSSR count). The molecule has 1 atom stereocenters. The van der Waals surface area contributed by atoms with Crippen LogP contribution in [0.4, 0.5) is 0 Å². The van der Waals surface area contributed by atoms with E-state index in [1.54, 1.807) is 22.9 Å². The molecule has 9 heteroatoms. The van der Waals surface area contributed by atoms with Gasteiger partial charge in [-0.05, 0) is 44.9 Å². The summed E-state index contributed by atoms with van der Waals surface area (Å²) >= 11 is 12.5. The summed E-state index contributed by atoms with van der Waals surface area (Å²) in [6.07, 6.45) is 1.18. The Kier molecular flexibility index (Phi) is 6.24. The fraction of sp³-hybridized carbons (Fsp3) is 0.261. The molecule has 0 saturated carbocycles. The van der Waals surface area contributed by atoms with Gasteiger partial charge in [0, 0.05) is 22.7 Å². The van der Waals surface area contributed by atoms with Gasteiger partial charge in [0.15, 0.2) is 5.69 Å². The first-order chi connectivity index (χ1) is 15.3. The third kappa shape index (κ3) is 4.24. The van der Waals surface area contributed by atoms with E-state index in [2.05, 4.69) is 10.5 Å². The molecule has 2 aromatic carbocycles. The second-order valence-electron chi connectivity index (χ2n) is 7.83. The van der Waals surface area contributed by atoms with Gasteiger partial charge in [-0.25, -0.2) is 9.69 Å². The first kappa shape index (κ1) is 22.3. The van der Waals surface area contributed by atoms with E-state index < -0.39 is 17.9 Å². The van der Waals surface area contributed by atoms with E-state index in [0.29, 0.717) is 40.7 Å². The largest absolute Gasteiger partial charge is 0.480 e. The molecule has 1 aromatic heterocycles. The SMILES string of the molecule is Cc1ccc(-c2c(C)c(C(=O)NN3CCCC3C(=O)O)nn2-c2ccc(Cl)cc2Cl)cc1. The molecule has 2 N–H and O–H groups in total. The van der Waals surface area contributed by atoms with Crippen molar-refractivity contribution in [2.45, 2.75) is 32.7 Å². The summed E-state index contributed by atoms with van der Waals surface area (Å²) in [6.45, 7) is 4.28. The molecule has 1 amide bonds. The van der Waals surface area contributed by atoms with Gasteiger partial charge in [0.05, 0.1) is 16.4 Å². The van der Waals surface area contributed by atoms with Crippen molar-refractivity contribution < 1.29 is 14.7 Å². The van der Waals surface area contributed by atoms with Crippen molar-refractivity contribution in [3.63, 3.8) is 0 Å². The Labute approximate surface area is 195 Å². The third-order valence-corrected chi connectivity index (χ3v) is 6.12. The number of hydrazine groups is 1. The van der Waals surface area contributed by atoms with Gasteiger partial charge in [0.2, 0.25) is 0 Å². The fourth-order valence-corrected chi connectivity index (χ4v) is 4.42. The molecule has 2 heterocycles. The van der Waals surface area contributed by atoms with Gasteiger partial charge < -0.3 is 5.11 Å². The number of benzene rings is 2. The van der Waals surface area contributed by atoms with Crippen LogP contribution in [0.15, 0.2) is 42.5 Å². The predicted octanol–water partition coefficient (Wildman–Crippen LogP) is 4.66. The average Bonchev–Trinajstić information content (AvgIpc) is 3.33. The Morgan fingerprint density at radius 1 is 1.12 bits per heavy atom. The summed E-state index contributed by atoms with van der Waals surface area (Å²) in [6, 6.07) is 12.2. The van der Waals surface area contributed by atoms with Gasteiger partial charge in [0.1, 0.15) is 6.04 Å². The number of aromatic nitrogens is 2. The summed E-state index contributed by atoms with van der Waals surface area (Å²) in [5.41, 5.74) is 6.86. The summed E-state index contributed by atoms with van der Waals surface area (Å²) in [5, 5.41) is 16.3. The Bertz CT molecular complexity index is 1190. The molecular weight excluding hydrogens is 451 g/mol. The van der Waals surface area contributed by atoms with Crippen molar-refractivity contribution in [2.75, 3.05) is 6.54 Å². The molecule has 1 saturated heterocycles. The lowest BCUT2D eigenvalue weighted by molar-refractivity contribution is -0.142. The maximum Gasteiger partial charge on any atom is 0.322 e. The van der Waals surface area contributed by atoms with Crippen LogP contribution < -0.4 is 5.43 Å². The van der Waals surface area contributed by atoms with E-state index in [4.69, 9.17) is 23.2 Å². The van der Waals surface area contributed by atoms with Crippen molar-refractivity contribution in [1.29, 1.82) is 0 Å². The molecule has 1 aliphatic heterocycles. The molecule has 0 spiro atoms. The van der Waals surface area contributed by atoms with E-state index >= 15 is 0 Å². The van der Waals surface area contributed by atoms with Crippen molar-refractivity contribution in [2.24, 2.45) is 0 Å². The molecule has 32 heavy (non-hydrogen) atoms. The summed E-state index contributed by atoms with van der Waals surface area (Å²) in [4.78, 5) is 24.6. The zero-order valence-electron chi connectivity index (χ0n) is 17.6. The zero-order valence-corrected chi connectivity index (χ0v) is 19.1. The second kappa shape index (κ2) is 8.94. The fourth-order valence-electron chi connectivity index (χ4n) is 3.93. The Balaban J connectivity index is 1.79. The lowest BCUT2D eigenvalue weighted by Gasteiger charge is -2.21. The van der Waals surface area contributed by atoms with Gasteiger partial charge in [-0.1, -0.05) is 53.0 Å². The molecule has 0 aliphatic carbocycles. The van der Waals surface area contributed by atoms with Gasteiger partial charge in [-0.2, -0.15) is 5.10 Å². The first-order valence-corrected chi connectivity index (χ1v) is 10.9. The van der Waals surface area contributed by atoms with Crippen molar-refractivity contribution >= 4 is 35.1 Å². The van der Waals surface area contributed by atoms with E-state index in [1.807, 2.05) is 38.1 Å². The Morgan fingerprint density at radius 3 is 2.50 bits per heavy atom. The van der Waals surface area contributed by atoms with Crippen LogP contribution >= 0.6 is 23.2 Å². The standard InChI is InChI=1S/C23H22Cl2N4O3/c1-13-5-7-15(8-6-13)21-14(2)20(22(30)27-28-11-3-4-19(28)23(31)32)26-29(21)18-10-9-16(24)12-17(18)25/h5-10,12,19H,3-4,11H2,1-2H3,(H,27,30)(H,31,32). The van der Waals surface area contributed by atoms with Gasteiger partial charge >= 0.3 is 5.97 Å². The maximum absolute atomic E-state index is 13.1. The maximum atomic E-state index is 13.1. The van der Waals surface area contributed by atoms with Crippen molar-refractivity contribution in [3.05, 3.63) is 69.3 Å². The van der Waals surface area contributed by atoms with E-state index in [-0.39, 0.29) is 5.69 Å². The normalized spacial score (nSPS) is 16.3. The number of carbonyl (C=O) groups is 2. The average molecular weight is 473 g/mol. The number of nitrogens with zero attached hydrogens (tertiary/aromatic N) is 3. The third-order valence-electron chi connectivity index (χ3n) is 5.58. The van der Waals surface area contributed by atoms with Crippen molar-refractivity contribution in [1.82, 2.24) is 20.2 Å². The minimum absolute atomic E-state index is 0.197. The number of amides is 1. The number of aliphatic carboxylic acids is 1.